The topological polar surface area (TPSA) is 73.0 Å². The molecule has 0 radical (unpaired) electrons. The van der Waals surface area contributed by atoms with Crippen LogP contribution in [0.5, 0.6) is 0 Å². The molecule has 0 aliphatic carbocycles. The van der Waals surface area contributed by atoms with Gasteiger partial charge in [-0.25, -0.2) is 14.5 Å². The number of likely N-dealkylation sites (tertiary alicyclic amines) is 1. The molecule has 202 valence electrons. The van der Waals surface area contributed by atoms with E-state index in [-0.39, 0.29) is 19.0 Å². The molecule has 2 unspecified atom stereocenters. The highest BCUT2D eigenvalue weighted by Gasteiger charge is 2.63. The third-order valence-electron chi connectivity index (χ3n) is 7.37. The average molecular weight is 548 g/mol. The normalized spacial score (nSPS) is 22.7. The van der Waals surface area contributed by atoms with Crippen LogP contribution >= 0.6 is 0 Å². The fraction of sp³-hybridized carbons (Fsp3) is 0.269. The number of carbonyl (C=O) groups is 3. The second kappa shape index (κ2) is 8.35. The Morgan fingerprint density at radius 1 is 0.872 bits per heavy atom. The van der Waals surface area contributed by atoms with Gasteiger partial charge in [-0.3, -0.25) is 4.79 Å². The Bertz CT molecular complexity index is 1500. The van der Waals surface area contributed by atoms with Crippen LogP contribution in [0.25, 0.3) is 10.8 Å². The van der Waals surface area contributed by atoms with Crippen LogP contribution < -0.4 is 10.2 Å². The number of hydrogen-bond acceptors (Lipinski definition) is 3. The van der Waals surface area contributed by atoms with E-state index in [1.807, 2.05) is 18.2 Å². The zero-order chi connectivity index (χ0) is 27.9. The van der Waals surface area contributed by atoms with Crippen molar-refractivity contribution in [1.82, 2.24) is 9.80 Å². The zero-order valence-corrected chi connectivity index (χ0v) is 19.8. The van der Waals surface area contributed by atoms with Crippen LogP contribution in [0.4, 0.5) is 47.3 Å². The smallest absolute Gasteiger partial charge is 0.317 e. The second-order valence-corrected chi connectivity index (χ2v) is 9.64. The number of halogens is 6. The fourth-order valence-electron chi connectivity index (χ4n) is 5.74. The van der Waals surface area contributed by atoms with Crippen molar-refractivity contribution in [3.05, 3.63) is 71.8 Å². The quantitative estimate of drug-likeness (QED) is 0.330. The van der Waals surface area contributed by atoms with Gasteiger partial charge in [0.2, 0.25) is 0 Å². The molecule has 0 aromatic heterocycles. The van der Waals surface area contributed by atoms with Crippen molar-refractivity contribution in [3.63, 3.8) is 0 Å². The van der Waals surface area contributed by atoms with Gasteiger partial charge in [0, 0.05) is 17.6 Å². The van der Waals surface area contributed by atoms with E-state index < -0.39 is 65.3 Å². The minimum Gasteiger partial charge on any atom is -0.317 e. The van der Waals surface area contributed by atoms with E-state index >= 15 is 0 Å². The van der Waals surface area contributed by atoms with E-state index in [1.165, 1.54) is 9.80 Å². The first-order chi connectivity index (χ1) is 18.3. The molecule has 3 heterocycles. The van der Waals surface area contributed by atoms with Crippen molar-refractivity contribution in [2.75, 3.05) is 16.8 Å². The van der Waals surface area contributed by atoms with Gasteiger partial charge in [0.1, 0.15) is 6.04 Å². The van der Waals surface area contributed by atoms with Crippen molar-refractivity contribution >= 4 is 40.1 Å². The van der Waals surface area contributed by atoms with Gasteiger partial charge in [-0.05, 0) is 36.1 Å². The largest absolute Gasteiger partial charge is 0.416 e. The van der Waals surface area contributed by atoms with Crippen molar-refractivity contribution < 1.29 is 40.7 Å². The van der Waals surface area contributed by atoms with E-state index in [4.69, 9.17) is 0 Å². The molecule has 5 amide bonds. The van der Waals surface area contributed by atoms with Gasteiger partial charge in [0.15, 0.2) is 0 Å². The van der Waals surface area contributed by atoms with E-state index in [9.17, 15) is 40.7 Å². The maximum absolute atomic E-state index is 13.5. The molecule has 3 atom stereocenters. The monoisotopic (exact) mass is 548 g/mol. The zero-order valence-electron chi connectivity index (χ0n) is 19.8. The predicted octanol–water partition coefficient (Wildman–Crippen LogP) is 5.70. The van der Waals surface area contributed by atoms with Crippen molar-refractivity contribution in [2.45, 2.75) is 36.9 Å². The van der Waals surface area contributed by atoms with E-state index in [0.717, 1.165) is 10.3 Å². The predicted molar refractivity (Wildman–Crippen MR) is 127 cm³/mol. The number of amides is 5. The lowest BCUT2D eigenvalue weighted by molar-refractivity contribution is -0.143. The van der Waals surface area contributed by atoms with Gasteiger partial charge < -0.3 is 15.1 Å². The Labute approximate surface area is 216 Å². The Morgan fingerprint density at radius 3 is 2.18 bits per heavy atom. The number of piperazine rings is 1. The van der Waals surface area contributed by atoms with Gasteiger partial charge in [-0.2, -0.15) is 26.3 Å². The number of imide groups is 1. The lowest BCUT2D eigenvalue weighted by Crippen LogP contribution is -2.55. The molecule has 39 heavy (non-hydrogen) atoms. The van der Waals surface area contributed by atoms with Crippen LogP contribution in [0.2, 0.25) is 0 Å². The molecule has 3 fully saturated rings. The van der Waals surface area contributed by atoms with Crippen molar-refractivity contribution in [3.8, 4) is 0 Å². The Balaban J connectivity index is 1.27. The molecule has 0 spiro atoms. The summed E-state index contributed by atoms with van der Waals surface area (Å²) in [6, 6.07) is 9.32. The maximum Gasteiger partial charge on any atom is 0.416 e. The highest BCUT2D eigenvalue weighted by Crippen LogP contribution is 2.44. The fourth-order valence-corrected chi connectivity index (χ4v) is 5.74. The van der Waals surface area contributed by atoms with Gasteiger partial charge in [0.05, 0.1) is 28.9 Å². The summed E-state index contributed by atoms with van der Waals surface area (Å²) in [5.41, 5.74) is -3.43. The summed E-state index contributed by atoms with van der Waals surface area (Å²) in [6.45, 7) is -0.0273. The number of benzene rings is 3. The minimum absolute atomic E-state index is 0.0273. The van der Waals surface area contributed by atoms with Gasteiger partial charge in [0.25, 0.3) is 5.91 Å². The first-order valence-electron chi connectivity index (χ1n) is 11.9. The number of alkyl halides is 6. The number of nitrogens with zero attached hydrogens (tertiary/aromatic N) is 3. The third kappa shape index (κ3) is 3.94. The molecule has 3 aromatic rings. The Hall–Kier alpha value is -4.29. The molecule has 2 bridgehead atoms. The molecular weight excluding hydrogens is 530 g/mol. The van der Waals surface area contributed by atoms with Gasteiger partial charge >= 0.3 is 24.4 Å². The molecule has 6 rings (SSSR count). The summed E-state index contributed by atoms with van der Waals surface area (Å²) in [5, 5.41) is 3.61. The van der Waals surface area contributed by atoms with Crippen LogP contribution in [0.15, 0.2) is 60.7 Å². The van der Waals surface area contributed by atoms with E-state index in [0.29, 0.717) is 23.2 Å². The SMILES string of the molecule is O=C1[C@@H]2C3CC(CN3C(=O)Nc3cc(C(F)(F)F)cc(C(F)(F)F)c3)N2C(=O)N1c1cccc2ccccc12. The second-order valence-electron chi connectivity index (χ2n) is 9.64. The molecule has 13 heteroatoms. The number of hydrogen-bond donors (Lipinski definition) is 1. The van der Waals surface area contributed by atoms with Crippen LogP contribution in [0, 0.1) is 0 Å². The molecular formula is C26H18F6N4O3. The first-order valence-corrected chi connectivity index (χ1v) is 11.9. The molecule has 1 N–H and O–H groups in total. The summed E-state index contributed by atoms with van der Waals surface area (Å²) < 4.78 is 79.4. The lowest BCUT2D eigenvalue weighted by Gasteiger charge is -2.34. The number of fused-ring (bicyclic) bond motifs is 6. The average Bonchev–Trinajstić information content (AvgIpc) is 3.54. The molecule has 3 aliphatic rings. The molecule has 0 saturated carbocycles. The number of rotatable bonds is 2. The van der Waals surface area contributed by atoms with Crippen LogP contribution in [-0.4, -0.2) is 52.4 Å². The highest BCUT2D eigenvalue weighted by molar-refractivity contribution is 6.25. The number of urea groups is 2. The molecule has 3 aromatic carbocycles. The first kappa shape index (κ1) is 25.0. The molecule has 7 nitrogen and oxygen atoms in total. The molecule has 3 aliphatic heterocycles. The summed E-state index contributed by atoms with van der Waals surface area (Å²) in [6.07, 6.45) is -9.89. The number of carbonyl (C=O) groups excluding carboxylic acids is 3. The maximum atomic E-state index is 13.5. The van der Waals surface area contributed by atoms with Crippen molar-refractivity contribution in [2.24, 2.45) is 0 Å². The summed E-state index contributed by atoms with van der Waals surface area (Å²) in [7, 11) is 0. The lowest BCUT2D eigenvalue weighted by atomic mass is 10.1. The van der Waals surface area contributed by atoms with Crippen LogP contribution in [-0.2, 0) is 17.1 Å². The van der Waals surface area contributed by atoms with E-state index in [1.54, 1.807) is 24.3 Å². The standard InChI is InChI=1S/C26H18F6N4O3/c27-25(28,29)14-8-15(26(30,31)32)10-16(9-14)33-23(38)34-12-17-11-20(34)21-22(37)36(24(39)35(17)21)19-7-3-5-13-4-1-2-6-18(13)19/h1-10,17,20-21H,11-12H2,(H,33,38)/t17?,20?,21-/m0/s1. The third-order valence-corrected chi connectivity index (χ3v) is 7.37. The van der Waals surface area contributed by atoms with Gasteiger partial charge in [-0.1, -0.05) is 36.4 Å². The minimum atomic E-state index is -5.07. The number of anilines is 2. The summed E-state index contributed by atoms with van der Waals surface area (Å²) >= 11 is 0. The highest BCUT2D eigenvalue weighted by atomic mass is 19.4. The Kier molecular flexibility index (Phi) is 5.36. The van der Waals surface area contributed by atoms with E-state index in [2.05, 4.69) is 5.32 Å². The Morgan fingerprint density at radius 2 is 1.51 bits per heavy atom. The molecule has 3 saturated heterocycles. The van der Waals surface area contributed by atoms with Gasteiger partial charge in [-0.15, -0.1) is 0 Å². The number of nitrogens with one attached hydrogen (secondary N) is 1. The summed E-state index contributed by atoms with van der Waals surface area (Å²) in [5.74, 6) is -0.556. The van der Waals surface area contributed by atoms with Crippen LogP contribution in [0.1, 0.15) is 17.5 Å². The van der Waals surface area contributed by atoms with Crippen LogP contribution in [0.3, 0.4) is 0 Å². The van der Waals surface area contributed by atoms with Crippen molar-refractivity contribution in [1.29, 1.82) is 0 Å². The summed E-state index contributed by atoms with van der Waals surface area (Å²) in [4.78, 5) is 43.6.